The van der Waals surface area contributed by atoms with Gasteiger partial charge in [0.15, 0.2) is 0 Å². The van der Waals surface area contributed by atoms with E-state index in [0.717, 1.165) is 50.2 Å². The van der Waals surface area contributed by atoms with Gasteiger partial charge in [-0.25, -0.2) is 4.98 Å². The zero-order valence-electron chi connectivity index (χ0n) is 17.8. The van der Waals surface area contributed by atoms with E-state index in [-0.39, 0.29) is 18.0 Å². The second-order valence-corrected chi connectivity index (χ2v) is 10.3. The summed E-state index contributed by atoms with van der Waals surface area (Å²) >= 11 is 1.49. The number of hydrogen-bond acceptors (Lipinski definition) is 5. The summed E-state index contributed by atoms with van der Waals surface area (Å²) in [5.74, 6) is 1.44. The van der Waals surface area contributed by atoms with Gasteiger partial charge in [0.1, 0.15) is 10.7 Å². The van der Waals surface area contributed by atoms with Crippen LogP contribution in [0.3, 0.4) is 0 Å². The average Bonchev–Trinajstić information content (AvgIpc) is 3.20. The maximum Gasteiger partial charge on any atom is 0.273 e. The largest absolute Gasteiger partial charge is 0.337 e. The Morgan fingerprint density at radius 1 is 1.34 bits per heavy atom. The maximum atomic E-state index is 13.3. The molecule has 29 heavy (non-hydrogen) atoms. The van der Waals surface area contributed by atoms with E-state index in [9.17, 15) is 9.59 Å². The van der Waals surface area contributed by atoms with E-state index in [1.54, 1.807) is 0 Å². The number of piperidine rings is 3. The van der Waals surface area contributed by atoms with Crippen LogP contribution in [-0.2, 0) is 4.79 Å². The molecule has 0 spiro atoms. The fourth-order valence-corrected chi connectivity index (χ4v) is 6.56. The highest BCUT2D eigenvalue weighted by Gasteiger charge is 2.49. The van der Waals surface area contributed by atoms with Gasteiger partial charge in [-0.1, -0.05) is 27.2 Å². The molecule has 3 fully saturated rings. The highest BCUT2D eigenvalue weighted by molar-refractivity contribution is 7.09. The van der Waals surface area contributed by atoms with Crippen LogP contribution in [0.1, 0.15) is 80.8 Å². The molecule has 3 aliphatic heterocycles. The van der Waals surface area contributed by atoms with Gasteiger partial charge in [0.2, 0.25) is 5.91 Å². The molecule has 6 nitrogen and oxygen atoms in total. The van der Waals surface area contributed by atoms with Crippen LogP contribution < -0.4 is 5.73 Å². The topological polar surface area (TPSA) is 79.5 Å². The Morgan fingerprint density at radius 2 is 2.10 bits per heavy atom. The molecule has 0 aromatic carbocycles. The summed E-state index contributed by atoms with van der Waals surface area (Å²) in [4.78, 5) is 34.8. The molecule has 1 aromatic rings. The van der Waals surface area contributed by atoms with Gasteiger partial charge in [0.05, 0.1) is 6.04 Å². The number of amides is 2. The van der Waals surface area contributed by atoms with Gasteiger partial charge in [0, 0.05) is 37.0 Å². The Morgan fingerprint density at radius 3 is 2.83 bits per heavy atom. The van der Waals surface area contributed by atoms with Gasteiger partial charge < -0.3 is 15.5 Å². The number of likely N-dealkylation sites (tertiary alicyclic amines) is 1. The van der Waals surface area contributed by atoms with Crippen molar-refractivity contribution >= 4 is 23.2 Å². The molecule has 0 radical (unpaired) electrons. The first-order valence-electron chi connectivity index (χ1n) is 11.2. The molecule has 4 heterocycles. The van der Waals surface area contributed by atoms with Gasteiger partial charge in [-0.2, -0.15) is 0 Å². The lowest BCUT2D eigenvalue weighted by Crippen LogP contribution is -2.65. The van der Waals surface area contributed by atoms with Gasteiger partial charge >= 0.3 is 0 Å². The first-order chi connectivity index (χ1) is 13.9. The van der Waals surface area contributed by atoms with Crippen molar-refractivity contribution in [2.75, 3.05) is 13.1 Å². The summed E-state index contributed by atoms with van der Waals surface area (Å²) in [5.41, 5.74) is 6.76. The molecular weight excluding hydrogens is 384 g/mol. The van der Waals surface area contributed by atoms with E-state index in [1.807, 2.05) is 10.3 Å². The lowest BCUT2D eigenvalue weighted by molar-refractivity contribution is -0.152. The van der Waals surface area contributed by atoms with E-state index >= 15 is 0 Å². The van der Waals surface area contributed by atoms with Crippen LogP contribution in [0.5, 0.6) is 0 Å². The SMILES string of the molecule is CCC[C@H]1[C@H]2C[C@H](CN(C(=O)c3csc([C@@H](N)C(C)C)n3)C2)[C@@H]2CCCC(=O)N21. The van der Waals surface area contributed by atoms with Crippen LogP contribution in [0.25, 0.3) is 0 Å². The summed E-state index contributed by atoms with van der Waals surface area (Å²) in [6.07, 6.45) is 6.00. The maximum absolute atomic E-state index is 13.3. The lowest BCUT2D eigenvalue weighted by Gasteiger charge is -2.56. The minimum atomic E-state index is -0.127. The third-order valence-corrected chi connectivity index (χ3v) is 8.06. The number of carbonyl (C=O) groups is 2. The number of fused-ring (bicyclic) bond motifs is 4. The molecular formula is C22H34N4O2S. The predicted molar refractivity (Wildman–Crippen MR) is 115 cm³/mol. The van der Waals surface area contributed by atoms with Crippen LogP contribution in [-0.4, -0.2) is 51.8 Å². The number of rotatable bonds is 5. The highest BCUT2D eigenvalue weighted by atomic mass is 32.1. The second kappa shape index (κ2) is 8.34. The fraction of sp³-hybridized carbons (Fsp3) is 0.773. The molecule has 0 aliphatic carbocycles. The van der Waals surface area contributed by atoms with Crippen molar-refractivity contribution in [3.63, 3.8) is 0 Å². The molecule has 160 valence electrons. The molecule has 3 saturated heterocycles. The van der Waals surface area contributed by atoms with Crippen molar-refractivity contribution in [1.82, 2.24) is 14.8 Å². The number of nitrogens with zero attached hydrogens (tertiary/aromatic N) is 3. The Balaban J connectivity index is 1.54. The Kier molecular flexibility index (Phi) is 5.98. The van der Waals surface area contributed by atoms with Crippen LogP contribution in [0.4, 0.5) is 0 Å². The molecule has 4 rings (SSSR count). The zero-order chi connectivity index (χ0) is 20.7. The van der Waals surface area contributed by atoms with E-state index in [2.05, 4.69) is 30.7 Å². The second-order valence-electron chi connectivity index (χ2n) is 9.42. The zero-order valence-corrected chi connectivity index (χ0v) is 18.7. The lowest BCUT2D eigenvalue weighted by atomic mass is 9.71. The molecule has 0 unspecified atom stereocenters. The normalized spacial score (nSPS) is 30.4. The summed E-state index contributed by atoms with van der Waals surface area (Å²) in [6, 6.07) is 0.461. The molecule has 2 N–H and O–H groups in total. The van der Waals surface area contributed by atoms with Gasteiger partial charge in [0.25, 0.3) is 5.91 Å². The monoisotopic (exact) mass is 418 g/mol. The number of nitrogens with two attached hydrogens (primary N) is 1. The predicted octanol–water partition coefficient (Wildman–Crippen LogP) is 3.44. The minimum Gasteiger partial charge on any atom is -0.337 e. The van der Waals surface area contributed by atoms with E-state index < -0.39 is 0 Å². The van der Waals surface area contributed by atoms with Gasteiger partial charge in [-0.3, -0.25) is 9.59 Å². The van der Waals surface area contributed by atoms with Crippen LogP contribution in [0.15, 0.2) is 5.38 Å². The number of carbonyl (C=O) groups excluding carboxylic acids is 2. The van der Waals surface area contributed by atoms with Crippen molar-refractivity contribution in [1.29, 1.82) is 0 Å². The highest BCUT2D eigenvalue weighted by Crippen LogP contribution is 2.43. The average molecular weight is 419 g/mol. The van der Waals surface area contributed by atoms with Crippen LogP contribution >= 0.6 is 11.3 Å². The number of thiazole rings is 1. The molecule has 3 aliphatic rings. The van der Waals surface area contributed by atoms with Crippen LogP contribution in [0, 0.1) is 17.8 Å². The third kappa shape index (κ3) is 3.83. The minimum absolute atomic E-state index is 0.0315. The quantitative estimate of drug-likeness (QED) is 0.794. The molecule has 0 saturated carbocycles. The third-order valence-electron chi connectivity index (χ3n) is 7.11. The summed E-state index contributed by atoms with van der Waals surface area (Å²) in [5, 5.41) is 2.71. The van der Waals surface area contributed by atoms with Crippen molar-refractivity contribution < 1.29 is 9.59 Å². The molecule has 5 atom stereocenters. The van der Waals surface area contributed by atoms with Crippen molar-refractivity contribution in [2.24, 2.45) is 23.5 Å². The molecule has 1 aromatic heterocycles. The summed E-state index contributed by atoms with van der Waals surface area (Å²) in [7, 11) is 0. The number of aromatic nitrogens is 1. The van der Waals surface area contributed by atoms with Crippen molar-refractivity contribution in [3.8, 4) is 0 Å². The fourth-order valence-electron chi connectivity index (χ4n) is 5.60. The molecule has 2 amide bonds. The summed E-state index contributed by atoms with van der Waals surface area (Å²) < 4.78 is 0. The standard InChI is InChI=1S/C22H34N4O2S/c1-4-6-17-14-9-15(18-7-5-8-19(27)26(17)18)11-25(10-14)22(28)16-12-29-21(24-16)20(23)13(2)3/h12-15,17-18,20H,4-11,23H2,1-3H3/t14-,15+,17-,18-,20-/m0/s1. The van der Waals surface area contributed by atoms with E-state index in [4.69, 9.17) is 5.73 Å². The van der Waals surface area contributed by atoms with Crippen molar-refractivity contribution in [2.45, 2.75) is 77.4 Å². The smallest absolute Gasteiger partial charge is 0.273 e. The van der Waals surface area contributed by atoms with Gasteiger partial charge in [-0.05, 0) is 43.4 Å². The number of hydrogen-bond donors (Lipinski definition) is 1. The van der Waals surface area contributed by atoms with Crippen molar-refractivity contribution in [3.05, 3.63) is 16.1 Å². The molecule has 2 bridgehead atoms. The first-order valence-corrected chi connectivity index (χ1v) is 12.1. The Bertz CT molecular complexity index is 764. The first kappa shape index (κ1) is 20.8. The van der Waals surface area contributed by atoms with Crippen LogP contribution in [0.2, 0.25) is 0 Å². The Hall–Kier alpha value is -1.47. The van der Waals surface area contributed by atoms with E-state index in [1.165, 1.54) is 11.3 Å². The molecule has 7 heteroatoms. The summed E-state index contributed by atoms with van der Waals surface area (Å²) in [6.45, 7) is 7.82. The van der Waals surface area contributed by atoms with E-state index in [0.29, 0.717) is 41.8 Å². The Labute approximate surface area is 177 Å². The van der Waals surface area contributed by atoms with Gasteiger partial charge in [-0.15, -0.1) is 11.3 Å².